The quantitative estimate of drug-likeness (QED) is 0.625. The maximum absolute atomic E-state index is 4.01. The number of hydrogen-bond donors (Lipinski definition) is 1. The number of aromatic nitrogens is 6. The second-order valence-electron chi connectivity index (χ2n) is 2.98. The molecule has 0 radical (unpaired) electrons. The van der Waals surface area contributed by atoms with Gasteiger partial charge in [0.1, 0.15) is 11.4 Å². The Labute approximate surface area is 84.4 Å². The van der Waals surface area contributed by atoms with Crippen molar-refractivity contribution in [2.24, 2.45) is 0 Å². The molecule has 0 atom stereocenters. The Kier molecular flexibility index (Phi) is 1.64. The van der Waals surface area contributed by atoms with Gasteiger partial charge >= 0.3 is 0 Å². The fourth-order valence-corrected chi connectivity index (χ4v) is 1.31. The summed E-state index contributed by atoms with van der Waals surface area (Å²) < 4.78 is 0. The Balaban J connectivity index is 2.19. The lowest BCUT2D eigenvalue weighted by Gasteiger charge is -1.96. The third kappa shape index (κ3) is 1.32. The smallest absolute Gasteiger partial charge is 0.199 e. The molecule has 0 spiro atoms. The second-order valence-corrected chi connectivity index (χ2v) is 2.98. The highest BCUT2D eigenvalue weighted by Gasteiger charge is 2.04. The largest absolute Gasteiger partial charge is 0.343 e. The fourth-order valence-electron chi connectivity index (χ4n) is 1.31. The van der Waals surface area contributed by atoms with Gasteiger partial charge in [0, 0.05) is 6.20 Å². The molecule has 6 nitrogen and oxygen atoms in total. The van der Waals surface area contributed by atoms with E-state index < -0.39 is 0 Å². The minimum atomic E-state index is 0.600. The van der Waals surface area contributed by atoms with Gasteiger partial charge in [-0.3, -0.25) is 0 Å². The van der Waals surface area contributed by atoms with Crippen molar-refractivity contribution in [1.29, 1.82) is 0 Å². The molecular formula is C9H6N6. The minimum Gasteiger partial charge on any atom is -0.343 e. The van der Waals surface area contributed by atoms with E-state index in [0.717, 1.165) is 5.52 Å². The number of hydrogen-bond acceptors (Lipinski definition) is 5. The standard InChI is InChI=1S/C9H6N6/c1-2-6(13-12-3-1)7-4-8-9(15-14-7)11-5-10-8/h1-5H,(H,10,11,15). The first kappa shape index (κ1) is 7.98. The predicted octanol–water partition coefficient (Wildman–Crippen LogP) is 0.810. The molecule has 15 heavy (non-hydrogen) atoms. The third-order valence-electron chi connectivity index (χ3n) is 2.02. The van der Waals surface area contributed by atoms with Crippen LogP contribution in [0.3, 0.4) is 0 Å². The van der Waals surface area contributed by atoms with Crippen molar-refractivity contribution in [2.45, 2.75) is 0 Å². The van der Waals surface area contributed by atoms with Gasteiger partial charge < -0.3 is 4.98 Å². The van der Waals surface area contributed by atoms with Crippen LogP contribution in [0.2, 0.25) is 0 Å². The Bertz CT molecular complexity index is 588. The van der Waals surface area contributed by atoms with E-state index in [-0.39, 0.29) is 0 Å². The molecule has 3 rings (SSSR count). The molecule has 3 aromatic rings. The second kappa shape index (κ2) is 3.09. The van der Waals surface area contributed by atoms with E-state index in [1.54, 1.807) is 18.6 Å². The van der Waals surface area contributed by atoms with Crippen molar-refractivity contribution >= 4 is 11.2 Å². The summed E-state index contributed by atoms with van der Waals surface area (Å²) in [6, 6.07) is 5.49. The van der Waals surface area contributed by atoms with Crippen LogP contribution in [0.1, 0.15) is 0 Å². The van der Waals surface area contributed by atoms with Crippen LogP contribution >= 0.6 is 0 Å². The third-order valence-corrected chi connectivity index (χ3v) is 2.02. The fraction of sp³-hybridized carbons (Fsp3) is 0. The SMILES string of the molecule is c1cnnc(-c2cc3[nH]cnc3nn2)c1. The zero-order valence-electron chi connectivity index (χ0n) is 7.62. The van der Waals surface area contributed by atoms with Gasteiger partial charge in [0.05, 0.1) is 11.8 Å². The van der Waals surface area contributed by atoms with Crippen LogP contribution in [0.25, 0.3) is 22.6 Å². The van der Waals surface area contributed by atoms with Crippen LogP contribution in [0.5, 0.6) is 0 Å². The van der Waals surface area contributed by atoms with E-state index in [0.29, 0.717) is 17.0 Å². The summed E-state index contributed by atoms with van der Waals surface area (Å²) in [6.07, 6.45) is 3.20. The molecule has 6 heteroatoms. The summed E-state index contributed by atoms with van der Waals surface area (Å²) in [7, 11) is 0. The maximum Gasteiger partial charge on any atom is 0.199 e. The number of rotatable bonds is 1. The zero-order valence-corrected chi connectivity index (χ0v) is 7.62. The van der Waals surface area contributed by atoms with Gasteiger partial charge in [0.15, 0.2) is 5.65 Å². The Hall–Kier alpha value is -2.37. The highest BCUT2D eigenvalue weighted by atomic mass is 15.2. The number of fused-ring (bicyclic) bond motifs is 1. The molecule has 3 heterocycles. The van der Waals surface area contributed by atoms with Crippen LogP contribution in [0.4, 0.5) is 0 Å². The average Bonchev–Trinajstić information content (AvgIpc) is 2.77. The van der Waals surface area contributed by atoms with Crippen LogP contribution < -0.4 is 0 Å². The van der Waals surface area contributed by atoms with Gasteiger partial charge in [0.25, 0.3) is 0 Å². The van der Waals surface area contributed by atoms with E-state index in [1.165, 1.54) is 0 Å². The van der Waals surface area contributed by atoms with Gasteiger partial charge in [-0.05, 0) is 18.2 Å². The minimum absolute atomic E-state index is 0.600. The molecule has 0 aliphatic heterocycles. The number of nitrogens with zero attached hydrogens (tertiary/aromatic N) is 5. The average molecular weight is 198 g/mol. The van der Waals surface area contributed by atoms with Crippen molar-refractivity contribution in [3.8, 4) is 11.4 Å². The summed E-state index contributed by atoms with van der Waals surface area (Å²) in [5, 5.41) is 15.7. The van der Waals surface area contributed by atoms with Crippen LogP contribution in [-0.4, -0.2) is 30.4 Å². The molecule has 0 fully saturated rings. The molecule has 0 unspecified atom stereocenters. The normalized spacial score (nSPS) is 10.7. The molecule has 0 saturated carbocycles. The Morgan fingerprint density at radius 2 is 2.07 bits per heavy atom. The molecule has 72 valence electrons. The lowest BCUT2D eigenvalue weighted by molar-refractivity contribution is 1.00. The highest BCUT2D eigenvalue weighted by Crippen LogP contribution is 2.14. The topological polar surface area (TPSA) is 80.2 Å². The predicted molar refractivity (Wildman–Crippen MR) is 52.7 cm³/mol. The molecule has 3 aromatic heterocycles. The van der Waals surface area contributed by atoms with Crippen LogP contribution in [-0.2, 0) is 0 Å². The monoisotopic (exact) mass is 198 g/mol. The zero-order chi connectivity index (χ0) is 10.1. The van der Waals surface area contributed by atoms with Gasteiger partial charge in [-0.2, -0.15) is 5.10 Å². The van der Waals surface area contributed by atoms with Crippen molar-refractivity contribution in [3.05, 3.63) is 30.7 Å². The van der Waals surface area contributed by atoms with E-state index in [1.807, 2.05) is 12.1 Å². The molecule has 0 aromatic carbocycles. The number of H-pyrrole nitrogens is 1. The van der Waals surface area contributed by atoms with E-state index in [4.69, 9.17) is 0 Å². The summed E-state index contributed by atoms with van der Waals surface area (Å²) in [4.78, 5) is 6.96. The number of aromatic amines is 1. The number of nitrogens with one attached hydrogen (secondary N) is 1. The van der Waals surface area contributed by atoms with Crippen molar-refractivity contribution < 1.29 is 0 Å². The first-order valence-electron chi connectivity index (χ1n) is 4.38. The van der Waals surface area contributed by atoms with Crippen molar-refractivity contribution in [3.63, 3.8) is 0 Å². The van der Waals surface area contributed by atoms with Gasteiger partial charge in [-0.15, -0.1) is 15.3 Å². The van der Waals surface area contributed by atoms with Crippen molar-refractivity contribution in [1.82, 2.24) is 30.4 Å². The lowest BCUT2D eigenvalue weighted by Crippen LogP contribution is -1.91. The lowest BCUT2D eigenvalue weighted by atomic mass is 10.3. The maximum atomic E-state index is 4.01. The highest BCUT2D eigenvalue weighted by molar-refractivity contribution is 5.73. The molecule has 0 saturated heterocycles. The van der Waals surface area contributed by atoms with Crippen molar-refractivity contribution in [2.75, 3.05) is 0 Å². The summed E-state index contributed by atoms with van der Waals surface area (Å²) >= 11 is 0. The van der Waals surface area contributed by atoms with E-state index >= 15 is 0 Å². The summed E-state index contributed by atoms with van der Waals surface area (Å²) in [5.41, 5.74) is 2.81. The summed E-state index contributed by atoms with van der Waals surface area (Å²) in [5.74, 6) is 0. The van der Waals surface area contributed by atoms with Gasteiger partial charge in [-0.25, -0.2) is 4.98 Å². The molecular weight excluding hydrogens is 192 g/mol. The Morgan fingerprint density at radius 1 is 1.07 bits per heavy atom. The molecule has 0 amide bonds. The van der Waals surface area contributed by atoms with E-state index in [2.05, 4.69) is 30.4 Å². The molecule has 0 bridgehead atoms. The number of imidazole rings is 1. The summed E-state index contributed by atoms with van der Waals surface area (Å²) in [6.45, 7) is 0. The molecule has 0 aliphatic rings. The van der Waals surface area contributed by atoms with E-state index in [9.17, 15) is 0 Å². The molecule has 0 aliphatic carbocycles. The van der Waals surface area contributed by atoms with Gasteiger partial charge in [-0.1, -0.05) is 0 Å². The van der Waals surface area contributed by atoms with Crippen LogP contribution in [0.15, 0.2) is 30.7 Å². The first-order valence-corrected chi connectivity index (χ1v) is 4.38. The first-order chi connectivity index (χ1) is 7.43. The Morgan fingerprint density at radius 3 is 2.93 bits per heavy atom. The van der Waals surface area contributed by atoms with Gasteiger partial charge in [0.2, 0.25) is 0 Å². The van der Waals surface area contributed by atoms with Crippen LogP contribution in [0, 0.1) is 0 Å². The molecule has 1 N–H and O–H groups in total.